The van der Waals surface area contributed by atoms with Gasteiger partial charge in [0, 0.05) is 17.3 Å². The van der Waals surface area contributed by atoms with Crippen molar-refractivity contribution in [3.05, 3.63) is 52.3 Å². The van der Waals surface area contributed by atoms with Crippen molar-refractivity contribution >= 4 is 51.6 Å². The predicted octanol–water partition coefficient (Wildman–Crippen LogP) is 2.45. The van der Waals surface area contributed by atoms with Gasteiger partial charge in [-0.3, -0.25) is 14.0 Å². The third-order valence-electron chi connectivity index (χ3n) is 3.12. The molecule has 1 aromatic carbocycles. The van der Waals surface area contributed by atoms with Crippen LogP contribution in [0.5, 0.6) is 0 Å². The summed E-state index contributed by atoms with van der Waals surface area (Å²) >= 11 is 7.42. The molecule has 3 aromatic rings. The van der Waals surface area contributed by atoms with E-state index in [4.69, 9.17) is 11.6 Å². The van der Waals surface area contributed by atoms with Crippen LogP contribution in [0.2, 0.25) is 5.15 Å². The molecule has 0 aliphatic carbocycles. The van der Waals surface area contributed by atoms with Crippen molar-refractivity contribution < 1.29 is 9.59 Å². The third kappa shape index (κ3) is 3.44. The molecule has 0 saturated heterocycles. The van der Waals surface area contributed by atoms with Gasteiger partial charge in [-0.2, -0.15) is 5.10 Å². The highest BCUT2D eigenvalue weighted by molar-refractivity contribution is 7.15. The Hall–Kier alpha value is -2.71. The molecule has 0 saturated carbocycles. The highest BCUT2D eigenvalue weighted by Gasteiger charge is 2.13. The zero-order chi connectivity index (χ0) is 17.1. The number of anilines is 1. The van der Waals surface area contributed by atoms with E-state index in [1.54, 1.807) is 22.7 Å². The maximum absolute atomic E-state index is 11.8. The number of amides is 2. The Kier molecular flexibility index (Phi) is 4.59. The molecule has 7 nitrogen and oxygen atoms in total. The van der Waals surface area contributed by atoms with Crippen LogP contribution in [0.15, 0.2) is 40.9 Å². The van der Waals surface area contributed by atoms with Gasteiger partial charge in [0.2, 0.25) is 0 Å². The predicted molar refractivity (Wildman–Crippen MR) is 93.6 cm³/mol. The lowest BCUT2D eigenvalue weighted by Gasteiger charge is -2.04. The summed E-state index contributed by atoms with van der Waals surface area (Å²) in [4.78, 5) is 28.4. The van der Waals surface area contributed by atoms with Crippen LogP contribution < -0.4 is 10.7 Å². The van der Waals surface area contributed by atoms with Crippen LogP contribution in [0.1, 0.15) is 11.3 Å². The Labute approximate surface area is 146 Å². The normalized spacial score (nSPS) is 11.1. The maximum Gasteiger partial charge on any atom is 0.329 e. The third-order valence-corrected chi connectivity index (χ3v) is 4.16. The van der Waals surface area contributed by atoms with E-state index < -0.39 is 11.8 Å². The molecule has 2 heterocycles. The fraction of sp³-hybridized carbons (Fsp3) is 0.0667. The Morgan fingerprint density at radius 3 is 2.79 bits per heavy atom. The lowest BCUT2D eigenvalue weighted by Crippen LogP contribution is -2.32. The Bertz CT molecular complexity index is 929. The SMILES string of the molecule is Cc1ccc(NC(=O)C(=O)N/N=C\c2c(Cl)nc3sccn23)cc1. The van der Waals surface area contributed by atoms with Crippen molar-refractivity contribution in [1.29, 1.82) is 0 Å². The highest BCUT2D eigenvalue weighted by Crippen LogP contribution is 2.19. The van der Waals surface area contributed by atoms with Gasteiger partial charge in [0.05, 0.1) is 6.21 Å². The zero-order valence-electron chi connectivity index (χ0n) is 12.5. The second-order valence-electron chi connectivity index (χ2n) is 4.86. The van der Waals surface area contributed by atoms with E-state index in [1.807, 2.05) is 24.4 Å². The van der Waals surface area contributed by atoms with Gasteiger partial charge in [0.25, 0.3) is 0 Å². The number of carbonyl (C=O) groups excluding carboxylic acids is 2. The van der Waals surface area contributed by atoms with Crippen LogP contribution in [0.25, 0.3) is 4.96 Å². The summed E-state index contributed by atoms with van der Waals surface area (Å²) in [5.74, 6) is -1.69. The number of nitrogens with zero attached hydrogens (tertiary/aromatic N) is 3. The molecule has 0 bridgehead atoms. The zero-order valence-corrected chi connectivity index (χ0v) is 14.1. The number of nitrogens with one attached hydrogen (secondary N) is 2. The van der Waals surface area contributed by atoms with Gasteiger partial charge in [0.1, 0.15) is 5.69 Å². The van der Waals surface area contributed by atoms with Gasteiger partial charge in [-0.25, -0.2) is 10.4 Å². The maximum atomic E-state index is 11.8. The van der Waals surface area contributed by atoms with Crippen molar-refractivity contribution in [3.8, 4) is 0 Å². The molecular weight excluding hydrogens is 350 g/mol. The largest absolute Gasteiger partial charge is 0.329 e. The van der Waals surface area contributed by atoms with Crippen LogP contribution in [-0.4, -0.2) is 27.4 Å². The fourth-order valence-electron chi connectivity index (χ4n) is 1.92. The highest BCUT2D eigenvalue weighted by atomic mass is 35.5. The van der Waals surface area contributed by atoms with Gasteiger partial charge in [-0.15, -0.1) is 11.3 Å². The molecular formula is C15H12ClN5O2S. The van der Waals surface area contributed by atoms with Crippen molar-refractivity contribution in [1.82, 2.24) is 14.8 Å². The second-order valence-corrected chi connectivity index (χ2v) is 6.09. The van der Waals surface area contributed by atoms with Crippen LogP contribution in [0, 0.1) is 6.92 Å². The number of rotatable bonds is 3. The van der Waals surface area contributed by atoms with E-state index in [1.165, 1.54) is 17.6 Å². The van der Waals surface area contributed by atoms with Crippen molar-refractivity contribution in [2.24, 2.45) is 5.10 Å². The summed E-state index contributed by atoms with van der Waals surface area (Å²) in [6, 6.07) is 7.09. The number of hydrogen-bond acceptors (Lipinski definition) is 5. The molecule has 9 heteroatoms. The molecule has 24 heavy (non-hydrogen) atoms. The molecule has 0 aliphatic rings. The molecule has 2 amide bonds. The summed E-state index contributed by atoms with van der Waals surface area (Å²) in [7, 11) is 0. The van der Waals surface area contributed by atoms with E-state index in [-0.39, 0.29) is 5.15 Å². The minimum Gasteiger partial charge on any atom is -0.318 e. The van der Waals surface area contributed by atoms with Crippen LogP contribution >= 0.6 is 22.9 Å². The number of hydrazone groups is 1. The number of aromatic nitrogens is 2. The van der Waals surface area contributed by atoms with E-state index in [2.05, 4.69) is 20.8 Å². The van der Waals surface area contributed by atoms with Gasteiger partial charge < -0.3 is 5.32 Å². The van der Waals surface area contributed by atoms with Crippen LogP contribution in [-0.2, 0) is 9.59 Å². The number of fused-ring (bicyclic) bond motifs is 1. The van der Waals surface area contributed by atoms with Gasteiger partial charge in [-0.05, 0) is 19.1 Å². The number of carbonyl (C=O) groups is 2. The Morgan fingerprint density at radius 1 is 1.29 bits per heavy atom. The quantitative estimate of drug-likeness (QED) is 0.426. The van der Waals surface area contributed by atoms with Crippen LogP contribution in [0.4, 0.5) is 5.69 Å². The minimum atomic E-state index is -0.881. The Balaban J connectivity index is 1.62. The topological polar surface area (TPSA) is 87.9 Å². The average Bonchev–Trinajstić information content (AvgIpc) is 3.11. The number of hydrogen-bond donors (Lipinski definition) is 2. The van der Waals surface area contributed by atoms with E-state index in [0.717, 1.165) is 5.56 Å². The number of thiazole rings is 1. The molecule has 0 spiro atoms. The number of imidazole rings is 1. The van der Waals surface area contributed by atoms with Gasteiger partial charge >= 0.3 is 11.8 Å². The average molecular weight is 362 g/mol. The van der Waals surface area contributed by atoms with Crippen molar-refractivity contribution in [2.75, 3.05) is 5.32 Å². The fourth-order valence-corrected chi connectivity index (χ4v) is 2.91. The summed E-state index contributed by atoms with van der Waals surface area (Å²) in [5, 5.41) is 8.36. The first-order valence-electron chi connectivity index (χ1n) is 6.86. The molecule has 2 N–H and O–H groups in total. The second kappa shape index (κ2) is 6.81. The lowest BCUT2D eigenvalue weighted by atomic mass is 10.2. The molecule has 0 fully saturated rings. The molecule has 2 aromatic heterocycles. The van der Waals surface area contributed by atoms with Gasteiger partial charge in [0.15, 0.2) is 10.1 Å². The molecule has 0 unspecified atom stereocenters. The van der Waals surface area contributed by atoms with Crippen molar-refractivity contribution in [2.45, 2.75) is 6.92 Å². The molecule has 0 radical (unpaired) electrons. The van der Waals surface area contributed by atoms with E-state index in [9.17, 15) is 9.59 Å². The lowest BCUT2D eigenvalue weighted by molar-refractivity contribution is -0.136. The number of halogens is 1. The van der Waals surface area contributed by atoms with Crippen molar-refractivity contribution in [3.63, 3.8) is 0 Å². The summed E-state index contributed by atoms with van der Waals surface area (Å²) in [6.45, 7) is 1.93. The first kappa shape index (κ1) is 16.2. The Morgan fingerprint density at radius 2 is 2.04 bits per heavy atom. The number of benzene rings is 1. The standard InChI is InChI=1S/C15H12ClN5O2S/c1-9-2-4-10(5-3-9)18-13(22)14(23)20-17-8-11-12(16)19-15-21(11)6-7-24-15/h2-8H,1H3,(H,18,22)(H,20,23)/b17-8-. The van der Waals surface area contributed by atoms with E-state index >= 15 is 0 Å². The molecule has 0 atom stereocenters. The smallest absolute Gasteiger partial charge is 0.318 e. The van der Waals surface area contributed by atoms with Crippen LogP contribution in [0.3, 0.4) is 0 Å². The number of aryl methyl sites for hydroxylation is 1. The molecule has 122 valence electrons. The van der Waals surface area contributed by atoms with E-state index in [0.29, 0.717) is 16.3 Å². The summed E-state index contributed by atoms with van der Waals surface area (Å²) < 4.78 is 1.73. The monoisotopic (exact) mass is 361 g/mol. The summed E-state index contributed by atoms with van der Waals surface area (Å²) in [5.41, 5.74) is 4.27. The van der Waals surface area contributed by atoms with Gasteiger partial charge in [-0.1, -0.05) is 29.3 Å². The molecule has 0 aliphatic heterocycles. The minimum absolute atomic E-state index is 0.268. The first-order valence-corrected chi connectivity index (χ1v) is 8.12. The summed E-state index contributed by atoms with van der Waals surface area (Å²) in [6.07, 6.45) is 3.12. The first-order chi connectivity index (χ1) is 11.5. The molecule has 3 rings (SSSR count).